The number of rotatable bonds is 6. The summed E-state index contributed by atoms with van der Waals surface area (Å²) in [5.74, 6) is -1.67. The quantitative estimate of drug-likeness (QED) is 0.499. The van der Waals surface area contributed by atoms with Gasteiger partial charge in [-0.15, -0.1) is 0 Å². The van der Waals surface area contributed by atoms with Crippen molar-refractivity contribution in [1.29, 1.82) is 0 Å². The van der Waals surface area contributed by atoms with Gasteiger partial charge in [0.1, 0.15) is 6.04 Å². The molecule has 1 unspecified atom stereocenters. The maximum Gasteiger partial charge on any atom is 0.320 e. The maximum absolute atomic E-state index is 10.0. The number of aliphatic carboxylic acids is 2. The summed E-state index contributed by atoms with van der Waals surface area (Å²) in [5.41, 5.74) is 10.3. The highest BCUT2D eigenvalue weighted by molar-refractivity contribution is 5.72. The van der Waals surface area contributed by atoms with Crippen LogP contribution < -0.4 is 11.5 Å². The van der Waals surface area contributed by atoms with E-state index in [2.05, 4.69) is 0 Å². The second-order valence-corrected chi connectivity index (χ2v) is 3.02. The monoisotopic (exact) mass is 220 g/mol. The number of hydrogen-bond acceptors (Lipinski definition) is 4. The Kier molecular flexibility index (Phi) is 11.9. The topological polar surface area (TPSA) is 127 Å². The fourth-order valence-electron chi connectivity index (χ4n) is 0.675. The molecule has 1 atom stereocenters. The molecule has 6 N–H and O–H groups in total. The Morgan fingerprint density at radius 1 is 1.33 bits per heavy atom. The third-order valence-electron chi connectivity index (χ3n) is 1.50. The standard InChI is InChI=1S/C5H12N2O2.C4H8O2/c6-3-1-2-4(7)5(8)9;1-2-3-4(5)6/h4H,1-3,6-7H2,(H,8,9);2-3H2,1H3,(H,5,6). The molecule has 0 fully saturated rings. The molecule has 0 saturated carbocycles. The molecule has 0 aliphatic rings. The van der Waals surface area contributed by atoms with Crippen LogP contribution >= 0.6 is 0 Å². The molecule has 0 radical (unpaired) electrons. The van der Waals surface area contributed by atoms with Crippen molar-refractivity contribution in [3.8, 4) is 0 Å². The van der Waals surface area contributed by atoms with E-state index in [0.717, 1.165) is 6.42 Å². The highest BCUT2D eigenvalue weighted by Gasteiger charge is 2.08. The van der Waals surface area contributed by atoms with E-state index in [1.807, 2.05) is 6.92 Å². The number of nitrogens with two attached hydrogens (primary N) is 2. The van der Waals surface area contributed by atoms with Crippen molar-refractivity contribution in [1.82, 2.24) is 0 Å². The van der Waals surface area contributed by atoms with Gasteiger partial charge in [0.25, 0.3) is 0 Å². The van der Waals surface area contributed by atoms with Gasteiger partial charge in [0.05, 0.1) is 0 Å². The van der Waals surface area contributed by atoms with Gasteiger partial charge in [0, 0.05) is 6.42 Å². The first kappa shape index (κ1) is 16.3. The molecule has 0 aromatic carbocycles. The molecule has 0 aliphatic heterocycles. The fraction of sp³-hybridized carbons (Fsp3) is 0.778. The Morgan fingerprint density at radius 2 is 1.87 bits per heavy atom. The Hall–Kier alpha value is -1.14. The molecule has 0 aromatic heterocycles. The van der Waals surface area contributed by atoms with E-state index in [0.29, 0.717) is 25.8 Å². The molecule has 0 aromatic rings. The van der Waals surface area contributed by atoms with Crippen LogP contribution in [0.5, 0.6) is 0 Å². The number of carboxylic acids is 2. The Balaban J connectivity index is 0. The van der Waals surface area contributed by atoms with Gasteiger partial charge in [-0.05, 0) is 25.8 Å². The summed E-state index contributed by atoms with van der Waals surface area (Å²) in [6.07, 6.45) is 2.16. The van der Waals surface area contributed by atoms with Crippen LogP contribution in [0.3, 0.4) is 0 Å². The normalized spacial score (nSPS) is 11.1. The highest BCUT2D eigenvalue weighted by Crippen LogP contribution is 1.91. The van der Waals surface area contributed by atoms with Crippen LogP contribution in [-0.2, 0) is 9.59 Å². The summed E-state index contributed by atoms with van der Waals surface area (Å²) in [6, 6.07) is -0.742. The summed E-state index contributed by atoms with van der Waals surface area (Å²) in [6.45, 7) is 2.34. The molecule has 0 heterocycles. The summed E-state index contributed by atoms with van der Waals surface area (Å²) < 4.78 is 0. The molecular formula is C9H20N2O4. The van der Waals surface area contributed by atoms with Gasteiger partial charge in [-0.25, -0.2) is 0 Å². The van der Waals surface area contributed by atoms with E-state index in [1.54, 1.807) is 0 Å². The van der Waals surface area contributed by atoms with E-state index in [9.17, 15) is 9.59 Å². The van der Waals surface area contributed by atoms with Crippen LogP contribution in [0.15, 0.2) is 0 Å². The van der Waals surface area contributed by atoms with Crippen LogP contribution in [-0.4, -0.2) is 34.7 Å². The van der Waals surface area contributed by atoms with Crippen molar-refractivity contribution in [3.05, 3.63) is 0 Å². The Morgan fingerprint density at radius 3 is 2.07 bits per heavy atom. The molecule has 0 saturated heterocycles. The van der Waals surface area contributed by atoms with Crippen LogP contribution in [0.25, 0.3) is 0 Å². The molecule has 0 bridgehead atoms. The predicted octanol–water partition coefficient (Wildman–Crippen LogP) is 0.00830. The van der Waals surface area contributed by atoms with Gasteiger partial charge in [0.2, 0.25) is 0 Å². The van der Waals surface area contributed by atoms with Crippen LogP contribution in [0.4, 0.5) is 0 Å². The van der Waals surface area contributed by atoms with E-state index in [4.69, 9.17) is 21.7 Å². The third-order valence-corrected chi connectivity index (χ3v) is 1.50. The first-order valence-corrected chi connectivity index (χ1v) is 4.85. The van der Waals surface area contributed by atoms with Gasteiger partial charge in [-0.2, -0.15) is 0 Å². The van der Waals surface area contributed by atoms with Crippen LogP contribution in [0, 0.1) is 0 Å². The highest BCUT2D eigenvalue weighted by atomic mass is 16.4. The van der Waals surface area contributed by atoms with Crippen molar-refractivity contribution in [2.75, 3.05) is 6.54 Å². The fourth-order valence-corrected chi connectivity index (χ4v) is 0.675. The SMILES string of the molecule is CCCC(=O)O.NCCCC(N)C(=O)O. The van der Waals surface area contributed by atoms with Crippen molar-refractivity contribution >= 4 is 11.9 Å². The van der Waals surface area contributed by atoms with Crippen LogP contribution in [0.2, 0.25) is 0 Å². The van der Waals surface area contributed by atoms with Gasteiger partial charge in [0.15, 0.2) is 0 Å². The summed E-state index contributed by atoms with van der Waals surface area (Å²) in [7, 11) is 0. The van der Waals surface area contributed by atoms with Crippen molar-refractivity contribution < 1.29 is 19.8 Å². The lowest BCUT2D eigenvalue weighted by molar-refractivity contribution is -0.139. The summed E-state index contributed by atoms with van der Waals surface area (Å²) in [4.78, 5) is 19.6. The molecular weight excluding hydrogens is 200 g/mol. The lowest BCUT2D eigenvalue weighted by atomic mass is 10.2. The zero-order chi connectivity index (χ0) is 12.3. The van der Waals surface area contributed by atoms with Crippen molar-refractivity contribution in [2.24, 2.45) is 11.5 Å². The van der Waals surface area contributed by atoms with Crippen molar-refractivity contribution in [3.63, 3.8) is 0 Å². The van der Waals surface area contributed by atoms with Gasteiger partial charge < -0.3 is 21.7 Å². The molecule has 0 spiro atoms. The van der Waals surface area contributed by atoms with Gasteiger partial charge >= 0.3 is 11.9 Å². The zero-order valence-electron chi connectivity index (χ0n) is 8.98. The van der Waals surface area contributed by atoms with Crippen molar-refractivity contribution in [2.45, 2.75) is 38.6 Å². The second-order valence-electron chi connectivity index (χ2n) is 3.02. The number of carboxylic acid groups (broad SMARTS) is 2. The molecule has 90 valence electrons. The van der Waals surface area contributed by atoms with Gasteiger partial charge in [-0.3, -0.25) is 9.59 Å². The molecule has 0 rings (SSSR count). The molecule has 0 aliphatic carbocycles. The van der Waals surface area contributed by atoms with E-state index >= 15 is 0 Å². The minimum absolute atomic E-state index is 0.292. The Bertz CT molecular complexity index is 185. The third kappa shape index (κ3) is 15.6. The average molecular weight is 220 g/mol. The Labute approximate surface area is 89.3 Å². The average Bonchev–Trinajstić information content (AvgIpc) is 2.14. The largest absolute Gasteiger partial charge is 0.481 e. The van der Waals surface area contributed by atoms with Crippen LogP contribution in [0.1, 0.15) is 32.6 Å². The zero-order valence-corrected chi connectivity index (χ0v) is 8.98. The van der Waals surface area contributed by atoms with E-state index < -0.39 is 18.0 Å². The smallest absolute Gasteiger partial charge is 0.320 e. The summed E-state index contributed by atoms with van der Waals surface area (Å²) in [5, 5.41) is 16.2. The maximum atomic E-state index is 10.0. The van der Waals surface area contributed by atoms with E-state index in [1.165, 1.54) is 0 Å². The number of carbonyl (C=O) groups is 2. The number of hydrogen-bond donors (Lipinski definition) is 4. The van der Waals surface area contributed by atoms with E-state index in [-0.39, 0.29) is 0 Å². The minimum Gasteiger partial charge on any atom is -0.481 e. The first-order valence-electron chi connectivity index (χ1n) is 4.85. The lowest BCUT2D eigenvalue weighted by Gasteiger charge is -2.02. The molecule has 0 amide bonds. The molecule has 6 heteroatoms. The van der Waals surface area contributed by atoms with Gasteiger partial charge in [-0.1, -0.05) is 6.92 Å². The predicted molar refractivity (Wildman–Crippen MR) is 56.4 cm³/mol. The molecule has 15 heavy (non-hydrogen) atoms. The first-order chi connectivity index (χ1) is 6.95. The second kappa shape index (κ2) is 10.9. The minimum atomic E-state index is -0.955. The molecule has 6 nitrogen and oxygen atoms in total. The summed E-state index contributed by atoms with van der Waals surface area (Å²) >= 11 is 0. The lowest BCUT2D eigenvalue weighted by Crippen LogP contribution is -2.30.